The molecule has 0 saturated heterocycles. The largest absolute Gasteiger partial charge is 0.317 e. The highest BCUT2D eigenvalue weighted by Crippen LogP contribution is 2.29. The third kappa shape index (κ3) is 3.44. The van der Waals surface area contributed by atoms with Gasteiger partial charge in [0, 0.05) is 17.0 Å². The summed E-state index contributed by atoms with van der Waals surface area (Å²) in [6.45, 7) is 10.4. The van der Waals surface area contributed by atoms with Gasteiger partial charge in [-0.1, -0.05) is 35.9 Å². The van der Waals surface area contributed by atoms with E-state index in [1.165, 1.54) is 28.4 Å². The van der Waals surface area contributed by atoms with Crippen molar-refractivity contribution in [2.75, 3.05) is 0 Å². The normalized spacial score (nSPS) is 11.5. The first-order chi connectivity index (χ1) is 12.8. The highest BCUT2D eigenvalue weighted by molar-refractivity contribution is 5.90. The summed E-state index contributed by atoms with van der Waals surface area (Å²) in [4.78, 5) is 0. The molecule has 1 heterocycles. The van der Waals surface area contributed by atoms with Gasteiger partial charge in [-0.25, -0.2) is 4.39 Å². The number of nitriles is 1. The number of aromatic nitrogens is 1. The fourth-order valence-corrected chi connectivity index (χ4v) is 3.81. The Morgan fingerprint density at radius 3 is 2.22 bits per heavy atom. The molecule has 0 fully saturated rings. The van der Waals surface area contributed by atoms with Crippen molar-refractivity contribution in [2.45, 2.75) is 34.6 Å². The van der Waals surface area contributed by atoms with Crippen LogP contribution in [0.5, 0.6) is 0 Å². The number of hydrogen-bond acceptors (Lipinski definition) is 1. The Morgan fingerprint density at radius 1 is 1.00 bits per heavy atom. The second-order valence-electron chi connectivity index (χ2n) is 7.06. The molecular weight excluding hydrogens is 335 g/mol. The Balaban J connectivity index is 2.18. The summed E-state index contributed by atoms with van der Waals surface area (Å²) in [5, 5.41) is 9.58. The SMILES string of the molecule is Cc1cc(C)c(-n2c(C)cc(C=C(C#N)c3ccccc3F)c2C)c(C)c1. The molecule has 27 heavy (non-hydrogen) atoms. The van der Waals surface area contributed by atoms with E-state index >= 15 is 0 Å². The molecule has 0 unspecified atom stereocenters. The fourth-order valence-electron chi connectivity index (χ4n) is 3.81. The summed E-state index contributed by atoms with van der Waals surface area (Å²) in [5.74, 6) is -0.385. The highest BCUT2D eigenvalue weighted by Gasteiger charge is 2.15. The second-order valence-corrected chi connectivity index (χ2v) is 7.06. The van der Waals surface area contributed by atoms with Crippen molar-refractivity contribution < 1.29 is 4.39 Å². The highest BCUT2D eigenvalue weighted by atomic mass is 19.1. The molecule has 0 atom stereocenters. The predicted octanol–water partition coefficient (Wildman–Crippen LogP) is 6.22. The molecule has 0 N–H and O–H groups in total. The van der Waals surface area contributed by atoms with Crippen LogP contribution in [0, 0.1) is 51.8 Å². The van der Waals surface area contributed by atoms with Gasteiger partial charge in [0.1, 0.15) is 5.82 Å². The molecule has 0 aliphatic heterocycles. The lowest BCUT2D eigenvalue weighted by Gasteiger charge is -2.17. The number of halogens is 1. The Kier molecular flexibility index (Phi) is 5.01. The zero-order valence-corrected chi connectivity index (χ0v) is 16.4. The van der Waals surface area contributed by atoms with Crippen molar-refractivity contribution in [3.8, 4) is 11.8 Å². The topological polar surface area (TPSA) is 28.7 Å². The van der Waals surface area contributed by atoms with Crippen molar-refractivity contribution in [1.29, 1.82) is 5.26 Å². The molecule has 0 radical (unpaired) electrons. The fraction of sp³-hybridized carbons (Fsp3) is 0.208. The molecule has 0 aliphatic rings. The van der Waals surface area contributed by atoms with Crippen LogP contribution < -0.4 is 0 Å². The molecule has 0 saturated carbocycles. The van der Waals surface area contributed by atoms with Crippen molar-refractivity contribution in [1.82, 2.24) is 4.57 Å². The van der Waals surface area contributed by atoms with E-state index in [4.69, 9.17) is 0 Å². The molecule has 1 aromatic heterocycles. The average Bonchev–Trinajstić information content (AvgIpc) is 2.87. The Morgan fingerprint density at radius 2 is 1.63 bits per heavy atom. The minimum atomic E-state index is -0.385. The molecular formula is C24H23FN2. The van der Waals surface area contributed by atoms with Crippen LogP contribution in [-0.2, 0) is 0 Å². The standard InChI is InChI=1S/C24H23FN2/c1-15-10-16(2)24(17(3)11-15)27-18(4)12-20(19(27)5)13-21(14-26)22-8-6-7-9-23(22)25/h6-13H,1-5H3. The van der Waals surface area contributed by atoms with Gasteiger partial charge in [-0.05, 0) is 69.5 Å². The summed E-state index contributed by atoms with van der Waals surface area (Å²) in [6.07, 6.45) is 1.77. The molecule has 0 amide bonds. The van der Waals surface area contributed by atoms with Gasteiger partial charge in [-0.15, -0.1) is 0 Å². The maximum atomic E-state index is 14.1. The van der Waals surface area contributed by atoms with E-state index in [-0.39, 0.29) is 5.82 Å². The van der Waals surface area contributed by atoms with Gasteiger partial charge >= 0.3 is 0 Å². The molecule has 3 aromatic rings. The summed E-state index contributed by atoms with van der Waals surface area (Å²) < 4.78 is 16.3. The van der Waals surface area contributed by atoms with E-state index in [1.54, 1.807) is 24.3 Å². The van der Waals surface area contributed by atoms with E-state index in [0.29, 0.717) is 11.1 Å². The van der Waals surface area contributed by atoms with Crippen LogP contribution in [0.4, 0.5) is 4.39 Å². The Hall–Kier alpha value is -3.12. The quantitative estimate of drug-likeness (QED) is 0.511. The molecule has 0 bridgehead atoms. The minimum absolute atomic E-state index is 0.325. The van der Waals surface area contributed by atoms with Gasteiger partial charge in [-0.2, -0.15) is 5.26 Å². The van der Waals surface area contributed by atoms with Crippen LogP contribution in [0.3, 0.4) is 0 Å². The summed E-state index contributed by atoms with van der Waals surface area (Å²) >= 11 is 0. The molecule has 3 rings (SSSR count). The molecule has 136 valence electrons. The van der Waals surface area contributed by atoms with Crippen LogP contribution in [0.25, 0.3) is 17.3 Å². The number of nitrogens with zero attached hydrogens (tertiary/aromatic N) is 2. The Bertz CT molecular complexity index is 1070. The lowest BCUT2D eigenvalue weighted by Crippen LogP contribution is -2.04. The molecule has 0 aliphatic carbocycles. The third-order valence-corrected chi connectivity index (χ3v) is 4.91. The molecule has 2 nitrogen and oxygen atoms in total. The van der Waals surface area contributed by atoms with Gasteiger partial charge in [-0.3, -0.25) is 0 Å². The van der Waals surface area contributed by atoms with Crippen molar-refractivity contribution >= 4 is 11.6 Å². The van der Waals surface area contributed by atoms with Crippen LogP contribution >= 0.6 is 0 Å². The zero-order valence-electron chi connectivity index (χ0n) is 16.4. The first-order valence-electron chi connectivity index (χ1n) is 8.97. The number of hydrogen-bond donors (Lipinski definition) is 0. The first kappa shape index (κ1) is 18.7. The number of rotatable bonds is 3. The van der Waals surface area contributed by atoms with Crippen LogP contribution in [-0.4, -0.2) is 4.57 Å². The van der Waals surface area contributed by atoms with E-state index in [9.17, 15) is 9.65 Å². The first-order valence-corrected chi connectivity index (χ1v) is 8.97. The van der Waals surface area contributed by atoms with E-state index in [1.807, 2.05) is 13.0 Å². The number of benzene rings is 2. The smallest absolute Gasteiger partial charge is 0.131 e. The maximum absolute atomic E-state index is 14.1. The van der Waals surface area contributed by atoms with Crippen molar-refractivity contribution in [3.63, 3.8) is 0 Å². The summed E-state index contributed by atoms with van der Waals surface area (Å²) in [7, 11) is 0. The van der Waals surface area contributed by atoms with Crippen molar-refractivity contribution in [3.05, 3.63) is 87.5 Å². The lowest BCUT2D eigenvalue weighted by molar-refractivity contribution is 0.624. The number of allylic oxidation sites excluding steroid dienone is 1. The van der Waals surface area contributed by atoms with Crippen LogP contribution in [0.1, 0.15) is 39.2 Å². The predicted molar refractivity (Wildman–Crippen MR) is 109 cm³/mol. The lowest BCUT2D eigenvalue weighted by atomic mass is 10.0. The van der Waals surface area contributed by atoms with E-state index < -0.39 is 0 Å². The Labute approximate surface area is 160 Å². The summed E-state index contributed by atoms with van der Waals surface area (Å²) in [6, 6.07) is 14.9. The molecule has 3 heteroatoms. The van der Waals surface area contributed by atoms with E-state index in [0.717, 1.165) is 17.0 Å². The van der Waals surface area contributed by atoms with Gasteiger partial charge in [0.25, 0.3) is 0 Å². The van der Waals surface area contributed by atoms with Crippen molar-refractivity contribution in [2.24, 2.45) is 0 Å². The van der Waals surface area contributed by atoms with E-state index in [2.05, 4.69) is 50.5 Å². The van der Waals surface area contributed by atoms with Gasteiger partial charge in [0.2, 0.25) is 0 Å². The maximum Gasteiger partial charge on any atom is 0.131 e. The molecule has 0 spiro atoms. The summed E-state index contributed by atoms with van der Waals surface area (Å²) in [5.41, 5.74) is 8.51. The van der Waals surface area contributed by atoms with Gasteiger partial charge in [0.05, 0.1) is 17.3 Å². The monoisotopic (exact) mass is 358 g/mol. The van der Waals surface area contributed by atoms with Crippen LogP contribution in [0.15, 0.2) is 42.5 Å². The molecule has 2 aromatic carbocycles. The second kappa shape index (κ2) is 7.25. The number of aryl methyl sites for hydroxylation is 4. The van der Waals surface area contributed by atoms with Crippen LogP contribution in [0.2, 0.25) is 0 Å². The third-order valence-electron chi connectivity index (χ3n) is 4.91. The van der Waals surface area contributed by atoms with Gasteiger partial charge in [0.15, 0.2) is 0 Å². The average molecular weight is 358 g/mol. The minimum Gasteiger partial charge on any atom is -0.317 e. The van der Waals surface area contributed by atoms with Gasteiger partial charge < -0.3 is 4.57 Å². The zero-order chi connectivity index (χ0) is 19.7.